The molecule has 2 atom stereocenters. The molecular formula is C21H23NO4. The van der Waals surface area contributed by atoms with E-state index in [0.29, 0.717) is 25.6 Å². The average Bonchev–Trinajstić information content (AvgIpc) is 3.25. The summed E-state index contributed by atoms with van der Waals surface area (Å²) in [5.41, 5.74) is 2.50. The first-order valence-corrected chi connectivity index (χ1v) is 8.86. The highest BCUT2D eigenvalue weighted by Gasteiger charge is 2.23. The Balaban J connectivity index is 0.000000151. The molecular weight excluding hydrogens is 330 g/mol. The number of hydrogen-bond acceptors (Lipinski definition) is 4. The van der Waals surface area contributed by atoms with Crippen LogP contribution < -0.4 is 5.32 Å². The number of cyclic esters (lactones) is 2. The second-order valence-electron chi connectivity index (χ2n) is 6.57. The number of amides is 1. The van der Waals surface area contributed by atoms with Crippen LogP contribution in [0.1, 0.15) is 17.5 Å². The Morgan fingerprint density at radius 2 is 1.42 bits per heavy atom. The van der Waals surface area contributed by atoms with Gasteiger partial charge in [-0.25, -0.2) is 4.79 Å². The van der Waals surface area contributed by atoms with E-state index in [9.17, 15) is 9.59 Å². The molecule has 2 aliphatic rings. The molecule has 2 heterocycles. The van der Waals surface area contributed by atoms with Crippen molar-refractivity contribution in [1.29, 1.82) is 0 Å². The maximum absolute atomic E-state index is 10.8. The van der Waals surface area contributed by atoms with Gasteiger partial charge in [-0.15, -0.1) is 0 Å². The van der Waals surface area contributed by atoms with Gasteiger partial charge >= 0.3 is 12.1 Å². The lowest BCUT2D eigenvalue weighted by molar-refractivity contribution is -0.137. The third-order valence-electron chi connectivity index (χ3n) is 4.37. The molecule has 0 spiro atoms. The summed E-state index contributed by atoms with van der Waals surface area (Å²) in [6.45, 7) is 1.07. The van der Waals surface area contributed by atoms with E-state index in [2.05, 4.69) is 17.4 Å². The number of benzene rings is 2. The van der Waals surface area contributed by atoms with Gasteiger partial charge in [-0.1, -0.05) is 60.7 Å². The van der Waals surface area contributed by atoms with Crippen LogP contribution in [-0.2, 0) is 27.1 Å². The summed E-state index contributed by atoms with van der Waals surface area (Å²) in [5.74, 6) is 0.329. The van der Waals surface area contributed by atoms with Crippen molar-refractivity contribution in [1.82, 2.24) is 5.32 Å². The molecule has 1 N–H and O–H groups in total. The third-order valence-corrected chi connectivity index (χ3v) is 4.37. The van der Waals surface area contributed by atoms with Crippen molar-refractivity contribution in [2.45, 2.75) is 25.3 Å². The van der Waals surface area contributed by atoms with Crippen LogP contribution in [0.3, 0.4) is 0 Å². The van der Waals surface area contributed by atoms with E-state index in [-0.39, 0.29) is 18.1 Å². The van der Waals surface area contributed by atoms with Gasteiger partial charge in [0, 0.05) is 5.92 Å². The summed E-state index contributed by atoms with van der Waals surface area (Å²) in [5, 5.41) is 2.74. The van der Waals surface area contributed by atoms with Gasteiger partial charge < -0.3 is 14.8 Å². The first-order valence-electron chi connectivity index (χ1n) is 8.86. The molecule has 4 rings (SSSR count). The lowest BCUT2D eigenvalue weighted by Gasteiger charge is -2.05. The molecule has 2 aliphatic heterocycles. The number of esters is 1. The van der Waals surface area contributed by atoms with Crippen LogP contribution in [0.5, 0.6) is 0 Å². The quantitative estimate of drug-likeness (QED) is 0.858. The van der Waals surface area contributed by atoms with Crippen molar-refractivity contribution in [2.24, 2.45) is 5.92 Å². The fraction of sp³-hybridized carbons (Fsp3) is 0.333. The lowest BCUT2D eigenvalue weighted by Crippen LogP contribution is -2.28. The zero-order chi connectivity index (χ0) is 18.2. The highest BCUT2D eigenvalue weighted by atomic mass is 16.6. The van der Waals surface area contributed by atoms with Gasteiger partial charge in [0.15, 0.2) is 0 Å². The molecule has 2 aromatic rings. The smallest absolute Gasteiger partial charge is 0.407 e. The Kier molecular flexibility index (Phi) is 6.25. The highest BCUT2D eigenvalue weighted by Crippen LogP contribution is 2.18. The van der Waals surface area contributed by atoms with E-state index in [4.69, 9.17) is 9.47 Å². The zero-order valence-corrected chi connectivity index (χ0v) is 14.6. The van der Waals surface area contributed by atoms with Crippen LogP contribution in [0.25, 0.3) is 0 Å². The minimum atomic E-state index is -0.305. The van der Waals surface area contributed by atoms with E-state index in [1.165, 1.54) is 11.1 Å². The molecule has 2 fully saturated rings. The van der Waals surface area contributed by atoms with Crippen LogP contribution in [0.4, 0.5) is 4.79 Å². The summed E-state index contributed by atoms with van der Waals surface area (Å²) in [4.78, 5) is 21.5. The molecule has 1 amide bonds. The van der Waals surface area contributed by atoms with Gasteiger partial charge in [-0.2, -0.15) is 0 Å². The van der Waals surface area contributed by atoms with Gasteiger partial charge in [0.25, 0.3) is 0 Å². The standard InChI is InChI=1S/C11H12O2.C10H11NO2/c12-11-7-10(8-13-11)6-9-4-2-1-3-5-9;12-10-11-9(7-13-10)6-8-4-2-1-3-5-8/h1-5,10H,6-8H2;1-5,9H,6-7H2,(H,11,12)/t10-;9-/m10/s1. The Hall–Kier alpha value is -2.82. The first kappa shape index (κ1) is 18.0. The lowest BCUT2D eigenvalue weighted by atomic mass is 9.99. The minimum Gasteiger partial charge on any atom is -0.465 e. The molecule has 0 saturated carbocycles. The molecule has 136 valence electrons. The molecule has 2 aromatic carbocycles. The normalized spacial score (nSPS) is 21.2. The number of carbonyl (C=O) groups is 2. The molecule has 5 heteroatoms. The SMILES string of the molecule is O=C1C[C@@H](Cc2ccccc2)CO1.O=C1N[C@@H](Cc2ccccc2)CO1. The fourth-order valence-corrected chi connectivity index (χ4v) is 3.08. The van der Waals surface area contributed by atoms with Crippen LogP contribution in [-0.4, -0.2) is 31.3 Å². The topological polar surface area (TPSA) is 64.6 Å². The number of rotatable bonds is 4. The van der Waals surface area contributed by atoms with Crippen molar-refractivity contribution in [2.75, 3.05) is 13.2 Å². The summed E-state index contributed by atoms with van der Waals surface area (Å²) in [7, 11) is 0. The number of hydrogen-bond donors (Lipinski definition) is 1. The van der Waals surface area contributed by atoms with Gasteiger partial charge in [-0.05, 0) is 24.0 Å². The minimum absolute atomic E-state index is 0.0547. The Bertz CT molecular complexity index is 654. The van der Waals surface area contributed by atoms with E-state index < -0.39 is 0 Å². The molecule has 26 heavy (non-hydrogen) atoms. The maximum Gasteiger partial charge on any atom is 0.407 e. The van der Waals surface area contributed by atoms with Crippen molar-refractivity contribution < 1.29 is 19.1 Å². The molecule has 0 aliphatic carbocycles. The molecule has 0 unspecified atom stereocenters. The Morgan fingerprint density at radius 3 is 1.92 bits per heavy atom. The summed E-state index contributed by atoms with van der Waals surface area (Å²) in [6.07, 6.45) is 2.06. The third kappa shape index (κ3) is 5.62. The number of nitrogens with one attached hydrogen (secondary N) is 1. The van der Waals surface area contributed by atoms with Crippen LogP contribution in [0.15, 0.2) is 60.7 Å². The number of carbonyl (C=O) groups excluding carboxylic acids is 2. The van der Waals surface area contributed by atoms with E-state index >= 15 is 0 Å². The molecule has 2 saturated heterocycles. The second kappa shape index (κ2) is 9.04. The monoisotopic (exact) mass is 353 g/mol. The molecule has 5 nitrogen and oxygen atoms in total. The largest absolute Gasteiger partial charge is 0.465 e. The van der Waals surface area contributed by atoms with E-state index in [1.54, 1.807) is 0 Å². The zero-order valence-electron chi connectivity index (χ0n) is 14.6. The predicted molar refractivity (Wildman–Crippen MR) is 97.6 cm³/mol. The fourth-order valence-electron chi connectivity index (χ4n) is 3.08. The Labute approximate surface area is 153 Å². The summed E-state index contributed by atoms with van der Waals surface area (Å²) < 4.78 is 9.69. The van der Waals surface area contributed by atoms with Gasteiger partial charge in [0.2, 0.25) is 0 Å². The average molecular weight is 353 g/mol. The van der Waals surface area contributed by atoms with Crippen molar-refractivity contribution in [3.8, 4) is 0 Å². The molecule has 0 bridgehead atoms. The maximum atomic E-state index is 10.8. The molecule has 0 radical (unpaired) electrons. The highest BCUT2D eigenvalue weighted by molar-refractivity contribution is 5.71. The second-order valence-corrected chi connectivity index (χ2v) is 6.57. The van der Waals surface area contributed by atoms with Crippen molar-refractivity contribution >= 4 is 12.1 Å². The first-order chi connectivity index (χ1) is 12.7. The van der Waals surface area contributed by atoms with Gasteiger partial charge in [0.05, 0.1) is 19.1 Å². The predicted octanol–water partition coefficient (Wildman–Crippen LogP) is 3.13. The van der Waals surface area contributed by atoms with Gasteiger partial charge in [-0.3, -0.25) is 4.79 Å². The number of alkyl carbamates (subject to hydrolysis) is 1. The summed E-state index contributed by atoms with van der Waals surface area (Å²) >= 11 is 0. The van der Waals surface area contributed by atoms with Gasteiger partial charge in [0.1, 0.15) is 6.61 Å². The van der Waals surface area contributed by atoms with Crippen LogP contribution >= 0.6 is 0 Å². The van der Waals surface area contributed by atoms with Crippen molar-refractivity contribution in [3.05, 3.63) is 71.8 Å². The van der Waals surface area contributed by atoms with Crippen LogP contribution in [0.2, 0.25) is 0 Å². The van der Waals surface area contributed by atoms with E-state index in [1.807, 2.05) is 48.5 Å². The number of ether oxygens (including phenoxy) is 2. The summed E-state index contributed by atoms with van der Waals surface area (Å²) in [6, 6.07) is 20.4. The Morgan fingerprint density at radius 1 is 0.808 bits per heavy atom. The van der Waals surface area contributed by atoms with Crippen molar-refractivity contribution in [3.63, 3.8) is 0 Å². The molecule has 0 aromatic heterocycles. The van der Waals surface area contributed by atoms with E-state index in [0.717, 1.165) is 12.8 Å². The van der Waals surface area contributed by atoms with Crippen LogP contribution in [0, 0.1) is 5.92 Å².